The molecule has 4 heteroatoms. The number of aromatic nitrogens is 2. The highest BCUT2D eigenvalue weighted by molar-refractivity contribution is 6.17. The van der Waals surface area contributed by atoms with Crippen LogP contribution in [-0.2, 0) is 5.88 Å². The summed E-state index contributed by atoms with van der Waals surface area (Å²) in [4.78, 5) is 7.33. The van der Waals surface area contributed by atoms with Crippen LogP contribution in [-0.4, -0.2) is 22.5 Å². The normalized spacial score (nSPS) is 26.0. The molecular formula is C17H22ClN3. The van der Waals surface area contributed by atoms with Crippen molar-refractivity contribution in [2.24, 2.45) is 11.8 Å². The molecule has 0 N–H and O–H groups in total. The fraction of sp³-hybridized carbons (Fsp3) is 0.588. The summed E-state index contributed by atoms with van der Waals surface area (Å²) in [6.45, 7) is 2.30. The highest BCUT2D eigenvalue weighted by atomic mass is 35.5. The van der Waals surface area contributed by atoms with E-state index >= 15 is 0 Å². The number of nitrogens with zero attached hydrogens (tertiary/aromatic N) is 3. The third-order valence-electron chi connectivity index (χ3n) is 5.33. The maximum absolute atomic E-state index is 6.22. The monoisotopic (exact) mass is 303 g/mol. The number of hydrogen-bond acceptors (Lipinski definition) is 2. The molecule has 0 spiro atoms. The van der Waals surface area contributed by atoms with Crippen molar-refractivity contribution < 1.29 is 0 Å². The van der Waals surface area contributed by atoms with Crippen molar-refractivity contribution >= 4 is 23.1 Å². The van der Waals surface area contributed by atoms with Gasteiger partial charge in [-0.3, -0.25) is 0 Å². The first-order valence-corrected chi connectivity index (χ1v) is 8.67. The van der Waals surface area contributed by atoms with Gasteiger partial charge in [-0.05, 0) is 36.8 Å². The largest absolute Gasteiger partial charge is 0.355 e. The molecule has 1 saturated carbocycles. The van der Waals surface area contributed by atoms with Crippen LogP contribution in [0.3, 0.4) is 0 Å². The molecule has 2 unspecified atom stereocenters. The summed E-state index contributed by atoms with van der Waals surface area (Å²) in [7, 11) is 0. The summed E-state index contributed by atoms with van der Waals surface area (Å²) < 4.78 is 2.13. The molecular weight excluding hydrogens is 282 g/mol. The summed E-state index contributed by atoms with van der Waals surface area (Å²) in [6.07, 6.45) is 9.05. The molecule has 0 bridgehead atoms. The Kier molecular flexibility index (Phi) is 3.54. The molecule has 2 aliphatic rings. The van der Waals surface area contributed by atoms with Crippen LogP contribution in [0.2, 0.25) is 0 Å². The maximum atomic E-state index is 6.22. The lowest BCUT2D eigenvalue weighted by atomic mass is 9.75. The Balaban J connectivity index is 1.66. The van der Waals surface area contributed by atoms with Crippen molar-refractivity contribution in [3.63, 3.8) is 0 Å². The molecule has 1 saturated heterocycles. The molecule has 3 nitrogen and oxygen atoms in total. The maximum Gasteiger partial charge on any atom is 0.152 e. The van der Waals surface area contributed by atoms with Gasteiger partial charge in [0.2, 0.25) is 0 Å². The highest BCUT2D eigenvalue weighted by Gasteiger charge is 2.32. The second kappa shape index (κ2) is 5.53. The van der Waals surface area contributed by atoms with Crippen molar-refractivity contribution in [1.29, 1.82) is 0 Å². The first-order chi connectivity index (χ1) is 10.4. The Labute approximate surface area is 130 Å². The smallest absolute Gasteiger partial charge is 0.152 e. The number of piperidine rings is 1. The van der Waals surface area contributed by atoms with Gasteiger partial charge in [0.1, 0.15) is 5.65 Å². The van der Waals surface area contributed by atoms with E-state index in [0.29, 0.717) is 5.88 Å². The van der Waals surface area contributed by atoms with Crippen molar-refractivity contribution in [3.05, 3.63) is 30.1 Å². The lowest BCUT2D eigenvalue weighted by molar-refractivity contribution is 0.202. The number of pyridine rings is 1. The third kappa shape index (κ3) is 2.32. The highest BCUT2D eigenvalue weighted by Crippen LogP contribution is 2.38. The second-order valence-electron chi connectivity index (χ2n) is 6.48. The van der Waals surface area contributed by atoms with Crippen molar-refractivity contribution in [2.75, 3.05) is 18.0 Å². The molecule has 2 aromatic rings. The van der Waals surface area contributed by atoms with Crippen LogP contribution < -0.4 is 4.90 Å². The Morgan fingerprint density at radius 2 is 2.00 bits per heavy atom. The van der Waals surface area contributed by atoms with E-state index in [1.807, 2.05) is 12.1 Å². The van der Waals surface area contributed by atoms with E-state index in [2.05, 4.69) is 21.6 Å². The number of imidazole rings is 1. The van der Waals surface area contributed by atoms with Crippen molar-refractivity contribution in [2.45, 2.75) is 38.0 Å². The van der Waals surface area contributed by atoms with E-state index in [0.717, 1.165) is 35.5 Å². The molecule has 4 rings (SSSR count). The molecule has 0 radical (unpaired) electrons. The molecule has 112 valence electrons. The van der Waals surface area contributed by atoms with Crippen LogP contribution in [0, 0.1) is 11.8 Å². The number of hydrogen-bond donors (Lipinski definition) is 0. The molecule has 1 aliphatic carbocycles. The Morgan fingerprint density at radius 1 is 1.14 bits per heavy atom. The van der Waals surface area contributed by atoms with Crippen LogP contribution >= 0.6 is 11.6 Å². The minimum atomic E-state index is 0.519. The summed E-state index contributed by atoms with van der Waals surface area (Å²) >= 11 is 6.22. The van der Waals surface area contributed by atoms with Gasteiger partial charge in [0.15, 0.2) is 5.82 Å². The van der Waals surface area contributed by atoms with Gasteiger partial charge in [0, 0.05) is 19.3 Å². The van der Waals surface area contributed by atoms with E-state index in [1.165, 1.54) is 38.6 Å². The topological polar surface area (TPSA) is 20.5 Å². The third-order valence-corrected chi connectivity index (χ3v) is 5.58. The fourth-order valence-electron chi connectivity index (χ4n) is 4.20. The number of rotatable bonds is 2. The van der Waals surface area contributed by atoms with Gasteiger partial charge in [-0.2, -0.15) is 0 Å². The molecule has 0 amide bonds. The van der Waals surface area contributed by atoms with Gasteiger partial charge in [-0.1, -0.05) is 25.3 Å². The molecule has 21 heavy (non-hydrogen) atoms. The predicted molar refractivity (Wildman–Crippen MR) is 87.0 cm³/mol. The van der Waals surface area contributed by atoms with E-state index in [1.54, 1.807) is 0 Å². The number of alkyl halides is 1. The van der Waals surface area contributed by atoms with Gasteiger partial charge in [-0.15, -0.1) is 11.6 Å². The minimum absolute atomic E-state index is 0.519. The fourth-order valence-corrected chi connectivity index (χ4v) is 4.45. The van der Waals surface area contributed by atoms with E-state index < -0.39 is 0 Å². The molecule has 2 fully saturated rings. The Hall–Kier alpha value is -1.22. The predicted octanol–water partition coefficient (Wildman–Crippen LogP) is 4.09. The van der Waals surface area contributed by atoms with Crippen LogP contribution in [0.5, 0.6) is 0 Å². The van der Waals surface area contributed by atoms with Crippen LogP contribution in [0.4, 0.5) is 5.82 Å². The zero-order chi connectivity index (χ0) is 14.2. The SMILES string of the molecule is ClCc1c(N2CCC3CCCCC3C2)nc2ccccn12. The van der Waals surface area contributed by atoms with Gasteiger partial charge >= 0.3 is 0 Å². The Bertz CT molecular complexity index is 636. The average Bonchev–Trinajstić information content (AvgIpc) is 2.93. The van der Waals surface area contributed by atoms with E-state index in [-0.39, 0.29) is 0 Å². The first kappa shape index (κ1) is 13.4. The summed E-state index contributed by atoms with van der Waals surface area (Å²) in [6, 6.07) is 6.15. The van der Waals surface area contributed by atoms with Gasteiger partial charge in [-0.25, -0.2) is 4.98 Å². The second-order valence-corrected chi connectivity index (χ2v) is 6.75. The van der Waals surface area contributed by atoms with E-state index in [9.17, 15) is 0 Å². The lowest BCUT2D eigenvalue weighted by Crippen LogP contribution is -2.42. The van der Waals surface area contributed by atoms with Gasteiger partial charge in [0.25, 0.3) is 0 Å². The molecule has 3 heterocycles. The summed E-state index contributed by atoms with van der Waals surface area (Å²) in [5, 5.41) is 0. The van der Waals surface area contributed by atoms with Crippen molar-refractivity contribution in [1.82, 2.24) is 9.38 Å². The minimum Gasteiger partial charge on any atom is -0.355 e. The molecule has 2 atom stereocenters. The zero-order valence-corrected chi connectivity index (χ0v) is 13.1. The van der Waals surface area contributed by atoms with Crippen LogP contribution in [0.1, 0.15) is 37.8 Å². The van der Waals surface area contributed by atoms with Crippen LogP contribution in [0.25, 0.3) is 5.65 Å². The molecule has 1 aliphatic heterocycles. The quantitative estimate of drug-likeness (QED) is 0.779. The Morgan fingerprint density at radius 3 is 2.86 bits per heavy atom. The standard InChI is InChI=1S/C17H22ClN3/c18-11-15-17(19-16-7-3-4-9-21(15)16)20-10-8-13-5-1-2-6-14(13)12-20/h3-4,7,9,13-14H,1-2,5-6,8,10-12H2. The first-order valence-electron chi connectivity index (χ1n) is 8.13. The lowest BCUT2D eigenvalue weighted by Gasteiger charge is -2.41. The molecule has 0 aromatic carbocycles. The summed E-state index contributed by atoms with van der Waals surface area (Å²) in [5.74, 6) is 3.44. The number of anilines is 1. The zero-order valence-electron chi connectivity index (χ0n) is 12.3. The van der Waals surface area contributed by atoms with Crippen LogP contribution in [0.15, 0.2) is 24.4 Å². The summed E-state index contributed by atoms with van der Waals surface area (Å²) in [5.41, 5.74) is 2.15. The average molecular weight is 304 g/mol. The molecule has 2 aromatic heterocycles. The number of fused-ring (bicyclic) bond motifs is 2. The van der Waals surface area contributed by atoms with Gasteiger partial charge in [0.05, 0.1) is 11.6 Å². The number of halogens is 1. The van der Waals surface area contributed by atoms with E-state index in [4.69, 9.17) is 16.6 Å². The van der Waals surface area contributed by atoms with Crippen molar-refractivity contribution in [3.8, 4) is 0 Å². The van der Waals surface area contributed by atoms with Gasteiger partial charge < -0.3 is 9.30 Å².